The minimum Gasteiger partial charge on any atom is -0.480 e. The van der Waals surface area contributed by atoms with Crippen LogP contribution in [0.25, 0.3) is 0 Å². The van der Waals surface area contributed by atoms with Gasteiger partial charge in [-0.2, -0.15) is 0 Å². The zero-order valence-electron chi connectivity index (χ0n) is 16.8. The van der Waals surface area contributed by atoms with E-state index in [9.17, 15) is 36.3 Å². The molecular formula is C21H14F5N3O5. The summed E-state index contributed by atoms with van der Waals surface area (Å²) in [4.78, 5) is 39.3. The maximum absolute atomic E-state index is 14.4. The number of pyridine rings is 2. The Morgan fingerprint density at radius 1 is 1.12 bits per heavy atom. The summed E-state index contributed by atoms with van der Waals surface area (Å²) in [6.45, 7) is -0.732. The Bertz CT molecular complexity index is 1290. The third-order valence-electron chi connectivity index (χ3n) is 4.40. The number of alkyl halides is 3. The fraction of sp³-hybridized carbons (Fsp3) is 0.143. The lowest BCUT2D eigenvalue weighted by Gasteiger charge is -2.20. The molecule has 2 N–H and O–H groups in total. The van der Waals surface area contributed by atoms with Crippen LogP contribution in [-0.4, -0.2) is 32.9 Å². The highest BCUT2D eigenvalue weighted by Crippen LogP contribution is 2.30. The van der Waals surface area contributed by atoms with Crippen molar-refractivity contribution in [1.82, 2.24) is 14.9 Å². The Balaban J connectivity index is 2.00. The number of aliphatic carboxylic acids is 1. The number of carboxylic acids is 1. The van der Waals surface area contributed by atoms with Gasteiger partial charge in [0.15, 0.2) is 11.6 Å². The molecule has 0 aliphatic carbocycles. The van der Waals surface area contributed by atoms with Crippen LogP contribution in [0.5, 0.6) is 5.75 Å². The Labute approximate surface area is 187 Å². The first-order valence-electron chi connectivity index (χ1n) is 9.33. The SMILES string of the molecule is O=C(O)Cn1cc(C(=O)NC(c2ccc(OC(F)(F)F)c(F)c2)c2ncccc2F)ccc1=O. The molecule has 34 heavy (non-hydrogen) atoms. The molecule has 3 rings (SSSR count). The van der Waals surface area contributed by atoms with Crippen LogP contribution in [0.2, 0.25) is 0 Å². The molecule has 0 bridgehead atoms. The summed E-state index contributed by atoms with van der Waals surface area (Å²) in [5.41, 5.74) is -1.44. The molecule has 3 aromatic rings. The number of nitrogens with zero attached hydrogens (tertiary/aromatic N) is 2. The Morgan fingerprint density at radius 3 is 2.47 bits per heavy atom. The summed E-state index contributed by atoms with van der Waals surface area (Å²) in [5.74, 6) is -5.74. The van der Waals surface area contributed by atoms with Crippen molar-refractivity contribution in [3.05, 3.63) is 93.7 Å². The minimum absolute atomic E-state index is 0.170. The number of aromatic nitrogens is 2. The summed E-state index contributed by atoms with van der Waals surface area (Å²) < 4.78 is 70.4. The molecule has 0 saturated carbocycles. The van der Waals surface area contributed by atoms with Gasteiger partial charge in [0.05, 0.1) is 11.6 Å². The smallest absolute Gasteiger partial charge is 0.480 e. The zero-order chi connectivity index (χ0) is 25.0. The maximum Gasteiger partial charge on any atom is 0.573 e. The molecule has 0 saturated heterocycles. The second-order valence-electron chi connectivity index (χ2n) is 6.79. The standard InChI is InChI=1S/C21H14F5N3O5/c22-13-2-1-7-27-19(13)18(11-3-5-15(14(23)8-11)34-21(24,25)26)28-20(33)12-4-6-16(30)29(9-12)10-17(31)32/h1-9,18H,10H2,(H,28,33)(H,31,32). The van der Waals surface area contributed by atoms with Crippen LogP contribution in [0.1, 0.15) is 27.7 Å². The average Bonchev–Trinajstić information content (AvgIpc) is 2.74. The first-order chi connectivity index (χ1) is 15.9. The molecular weight excluding hydrogens is 469 g/mol. The lowest BCUT2D eigenvalue weighted by atomic mass is 10.0. The van der Waals surface area contributed by atoms with Crippen LogP contribution in [-0.2, 0) is 11.3 Å². The van der Waals surface area contributed by atoms with Gasteiger partial charge in [-0.05, 0) is 35.9 Å². The van der Waals surface area contributed by atoms with Crippen molar-refractivity contribution in [3.63, 3.8) is 0 Å². The number of benzene rings is 1. The van der Waals surface area contributed by atoms with Gasteiger partial charge in [-0.15, -0.1) is 13.2 Å². The highest BCUT2D eigenvalue weighted by molar-refractivity contribution is 5.94. The summed E-state index contributed by atoms with van der Waals surface area (Å²) in [5, 5.41) is 11.3. The van der Waals surface area contributed by atoms with Crippen LogP contribution in [0.15, 0.2) is 59.7 Å². The van der Waals surface area contributed by atoms with Crippen molar-refractivity contribution in [1.29, 1.82) is 0 Å². The normalized spacial score (nSPS) is 12.1. The molecule has 0 aliphatic rings. The lowest BCUT2D eigenvalue weighted by Crippen LogP contribution is -2.32. The predicted molar refractivity (Wildman–Crippen MR) is 105 cm³/mol. The molecule has 2 aromatic heterocycles. The van der Waals surface area contributed by atoms with Crippen molar-refractivity contribution in [2.75, 3.05) is 0 Å². The van der Waals surface area contributed by atoms with Gasteiger partial charge in [-0.25, -0.2) is 8.78 Å². The van der Waals surface area contributed by atoms with E-state index in [1.54, 1.807) is 0 Å². The topological polar surface area (TPSA) is 111 Å². The third-order valence-corrected chi connectivity index (χ3v) is 4.40. The Kier molecular flexibility index (Phi) is 6.94. The fourth-order valence-electron chi connectivity index (χ4n) is 2.97. The third kappa shape index (κ3) is 5.94. The van der Waals surface area contributed by atoms with E-state index >= 15 is 0 Å². The number of ether oxygens (including phenoxy) is 1. The van der Waals surface area contributed by atoms with E-state index in [0.717, 1.165) is 35.0 Å². The van der Waals surface area contributed by atoms with E-state index in [2.05, 4.69) is 15.0 Å². The van der Waals surface area contributed by atoms with Gasteiger partial charge in [0, 0.05) is 18.5 Å². The van der Waals surface area contributed by atoms with E-state index in [-0.39, 0.29) is 16.8 Å². The van der Waals surface area contributed by atoms with E-state index in [1.807, 2.05) is 0 Å². The fourth-order valence-corrected chi connectivity index (χ4v) is 2.97. The number of halogens is 5. The molecule has 1 aromatic carbocycles. The van der Waals surface area contributed by atoms with Gasteiger partial charge in [-0.1, -0.05) is 6.07 Å². The predicted octanol–water partition coefficient (Wildman–Crippen LogP) is 3.02. The van der Waals surface area contributed by atoms with Gasteiger partial charge in [0.25, 0.3) is 11.5 Å². The maximum atomic E-state index is 14.4. The number of rotatable bonds is 7. The zero-order valence-corrected chi connectivity index (χ0v) is 16.8. The number of carboxylic acid groups (broad SMARTS) is 1. The largest absolute Gasteiger partial charge is 0.573 e. The van der Waals surface area contributed by atoms with E-state index in [4.69, 9.17) is 5.11 Å². The van der Waals surface area contributed by atoms with Crippen molar-refractivity contribution in [2.24, 2.45) is 0 Å². The van der Waals surface area contributed by atoms with Gasteiger partial charge < -0.3 is 19.7 Å². The van der Waals surface area contributed by atoms with Crippen LogP contribution < -0.4 is 15.6 Å². The lowest BCUT2D eigenvalue weighted by molar-refractivity contribution is -0.275. The summed E-state index contributed by atoms with van der Waals surface area (Å²) in [6.07, 6.45) is -3.01. The van der Waals surface area contributed by atoms with Crippen LogP contribution in [0, 0.1) is 11.6 Å². The summed E-state index contributed by atoms with van der Waals surface area (Å²) >= 11 is 0. The minimum atomic E-state index is -5.15. The molecule has 0 radical (unpaired) electrons. The number of nitrogens with one attached hydrogen (secondary N) is 1. The van der Waals surface area contributed by atoms with Crippen molar-refractivity contribution < 1.29 is 41.4 Å². The van der Waals surface area contributed by atoms with Gasteiger partial charge in [0.1, 0.15) is 18.1 Å². The number of carbonyl (C=O) groups excluding carboxylic acids is 1. The van der Waals surface area contributed by atoms with Gasteiger partial charge in [0.2, 0.25) is 0 Å². The van der Waals surface area contributed by atoms with Crippen LogP contribution in [0.3, 0.4) is 0 Å². The van der Waals surface area contributed by atoms with E-state index < -0.39 is 53.8 Å². The summed E-state index contributed by atoms with van der Waals surface area (Å²) in [6, 6.07) is 5.07. The molecule has 178 valence electrons. The first-order valence-corrected chi connectivity index (χ1v) is 9.33. The van der Waals surface area contributed by atoms with E-state index in [0.29, 0.717) is 12.1 Å². The Hall–Kier alpha value is -4.29. The molecule has 2 heterocycles. The molecule has 0 spiro atoms. The van der Waals surface area contributed by atoms with Crippen LogP contribution in [0.4, 0.5) is 22.0 Å². The second-order valence-corrected chi connectivity index (χ2v) is 6.79. The molecule has 1 atom stereocenters. The first kappa shape index (κ1) is 24.4. The van der Waals surface area contributed by atoms with Crippen molar-refractivity contribution in [3.8, 4) is 5.75 Å². The Morgan fingerprint density at radius 2 is 1.85 bits per heavy atom. The second kappa shape index (κ2) is 9.68. The van der Waals surface area contributed by atoms with Gasteiger partial charge in [-0.3, -0.25) is 19.4 Å². The molecule has 0 fully saturated rings. The van der Waals surface area contributed by atoms with Crippen molar-refractivity contribution in [2.45, 2.75) is 18.9 Å². The average molecular weight is 483 g/mol. The quantitative estimate of drug-likeness (QED) is 0.500. The highest BCUT2D eigenvalue weighted by atomic mass is 19.4. The van der Waals surface area contributed by atoms with Crippen molar-refractivity contribution >= 4 is 11.9 Å². The monoisotopic (exact) mass is 483 g/mol. The molecule has 13 heteroatoms. The number of hydrogen-bond acceptors (Lipinski definition) is 5. The number of hydrogen-bond donors (Lipinski definition) is 2. The van der Waals surface area contributed by atoms with E-state index in [1.165, 1.54) is 12.3 Å². The highest BCUT2D eigenvalue weighted by Gasteiger charge is 2.33. The summed E-state index contributed by atoms with van der Waals surface area (Å²) in [7, 11) is 0. The molecule has 8 nitrogen and oxygen atoms in total. The van der Waals surface area contributed by atoms with Crippen LogP contribution >= 0.6 is 0 Å². The molecule has 1 amide bonds. The molecule has 0 aliphatic heterocycles. The van der Waals surface area contributed by atoms with Gasteiger partial charge >= 0.3 is 12.3 Å². The number of carbonyl (C=O) groups is 2. The number of amides is 1. The molecule has 1 unspecified atom stereocenters.